The van der Waals surface area contributed by atoms with Crippen LogP contribution < -0.4 is 4.74 Å². The third kappa shape index (κ3) is 3.18. The Morgan fingerprint density at radius 2 is 1.76 bits per heavy atom. The minimum Gasteiger partial charge on any atom is -0.424 e. The van der Waals surface area contributed by atoms with E-state index >= 15 is 0 Å². The van der Waals surface area contributed by atoms with Crippen molar-refractivity contribution in [2.75, 3.05) is 0 Å². The summed E-state index contributed by atoms with van der Waals surface area (Å²) < 4.78 is 24.4. The fraction of sp³-hybridized carbons (Fsp3) is 0. The summed E-state index contributed by atoms with van der Waals surface area (Å²) in [6, 6.07) is 10.4. The Labute approximate surface area is 141 Å². The van der Waals surface area contributed by atoms with Crippen LogP contribution in [0.3, 0.4) is 0 Å². The summed E-state index contributed by atoms with van der Waals surface area (Å²) in [7, 11) is 0. The van der Waals surface area contributed by atoms with E-state index in [9.17, 15) is 4.39 Å². The normalized spacial score (nSPS) is 10.6. The molecule has 0 spiro atoms. The van der Waals surface area contributed by atoms with Gasteiger partial charge in [0.25, 0.3) is 5.89 Å². The first-order valence-corrected chi connectivity index (χ1v) is 7.28. The van der Waals surface area contributed by atoms with Gasteiger partial charge in [0, 0.05) is 24.2 Å². The van der Waals surface area contributed by atoms with Gasteiger partial charge in [-0.05, 0) is 36.4 Å². The van der Waals surface area contributed by atoms with Crippen molar-refractivity contribution in [1.82, 2.24) is 25.1 Å². The molecule has 7 nitrogen and oxygen atoms in total. The summed E-state index contributed by atoms with van der Waals surface area (Å²) in [5.74, 6) is 0.477. The van der Waals surface area contributed by atoms with Gasteiger partial charge < -0.3 is 9.26 Å². The molecule has 0 unspecified atom stereocenters. The first-order chi connectivity index (χ1) is 12.3. The Kier molecular flexibility index (Phi) is 3.83. The zero-order valence-corrected chi connectivity index (χ0v) is 12.7. The van der Waals surface area contributed by atoms with Crippen LogP contribution in [-0.4, -0.2) is 25.1 Å². The molecular formula is C17H10FN5O2. The summed E-state index contributed by atoms with van der Waals surface area (Å²) in [4.78, 5) is 15.9. The fourth-order valence-corrected chi connectivity index (χ4v) is 2.11. The highest BCUT2D eigenvalue weighted by Gasteiger charge is 2.14. The number of hydrogen-bond acceptors (Lipinski definition) is 7. The van der Waals surface area contributed by atoms with Gasteiger partial charge in [-0.2, -0.15) is 4.98 Å². The van der Waals surface area contributed by atoms with E-state index in [4.69, 9.17) is 9.26 Å². The highest BCUT2D eigenvalue weighted by atomic mass is 19.1. The Hall–Kier alpha value is -3.68. The summed E-state index contributed by atoms with van der Waals surface area (Å²) in [5, 5.41) is 3.88. The molecule has 0 amide bonds. The lowest BCUT2D eigenvalue weighted by Crippen LogP contribution is -1.90. The minimum absolute atomic E-state index is 0.0907. The number of nitrogens with zero attached hydrogens (tertiary/aromatic N) is 5. The molecule has 0 fully saturated rings. The third-order valence-corrected chi connectivity index (χ3v) is 3.29. The van der Waals surface area contributed by atoms with Crippen molar-refractivity contribution in [1.29, 1.82) is 0 Å². The number of pyridine rings is 1. The molecule has 0 aliphatic carbocycles. The third-order valence-electron chi connectivity index (χ3n) is 3.29. The predicted octanol–water partition coefficient (Wildman–Crippen LogP) is 3.52. The molecule has 1 aromatic carbocycles. The van der Waals surface area contributed by atoms with Crippen molar-refractivity contribution in [3.05, 3.63) is 67.0 Å². The average molecular weight is 335 g/mol. The van der Waals surface area contributed by atoms with E-state index in [2.05, 4.69) is 25.1 Å². The van der Waals surface area contributed by atoms with Gasteiger partial charge >= 0.3 is 6.01 Å². The molecule has 3 aromatic heterocycles. The van der Waals surface area contributed by atoms with E-state index in [1.54, 1.807) is 42.7 Å². The highest BCUT2D eigenvalue weighted by molar-refractivity contribution is 5.60. The molecule has 122 valence electrons. The molecule has 0 atom stereocenters. The molecule has 0 saturated heterocycles. The molecule has 0 N–H and O–H groups in total. The maximum Gasteiger partial charge on any atom is 0.321 e. The maximum absolute atomic E-state index is 13.7. The molecular weight excluding hydrogens is 325 g/mol. The van der Waals surface area contributed by atoms with Gasteiger partial charge in [0.05, 0.1) is 11.8 Å². The molecule has 0 bridgehead atoms. The highest BCUT2D eigenvalue weighted by Crippen LogP contribution is 2.26. The Bertz CT molecular complexity index is 989. The molecule has 4 rings (SSSR count). The first-order valence-electron chi connectivity index (χ1n) is 7.28. The van der Waals surface area contributed by atoms with Crippen LogP contribution in [0.1, 0.15) is 0 Å². The van der Waals surface area contributed by atoms with Crippen molar-refractivity contribution >= 4 is 0 Å². The molecule has 0 aliphatic rings. The van der Waals surface area contributed by atoms with Gasteiger partial charge in [-0.15, -0.1) is 0 Å². The number of ether oxygens (including phenoxy) is 1. The predicted molar refractivity (Wildman–Crippen MR) is 85.0 cm³/mol. The lowest BCUT2D eigenvalue weighted by molar-refractivity contribution is 0.429. The summed E-state index contributed by atoms with van der Waals surface area (Å²) in [5.41, 5.74) is 0.903. The van der Waals surface area contributed by atoms with Gasteiger partial charge in [0.15, 0.2) is 5.82 Å². The number of aromatic nitrogens is 5. The van der Waals surface area contributed by atoms with E-state index in [-0.39, 0.29) is 17.5 Å². The summed E-state index contributed by atoms with van der Waals surface area (Å²) in [6.45, 7) is 0. The van der Waals surface area contributed by atoms with Gasteiger partial charge in [-0.1, -0.05) is 5.16 Å². The van der Waals surface area contributed by atoms with Gasteiger partial charge in [0.2, 0.25) is 5.82 Å². The van der Waals surface area contributed by atoms with Gasteiger partial charge in [-0.25, -0.2) is 14.4 Å². The number of halogens is 1. The molecule has 0 radical (unpaired) electrons. The molecule has 25 heavy (non-hydrogen) atoms. The van der Waals surface area contributed by atoms with Gasteiger partial charge in [0.1, 0.15) is 5.75 Å². The van der Waals surface area contributed by atoms with Crippen LogP contribution in [0.2, 0.25) is 0 Å². The second-order valence-electron chi connectivity index (χ2n) is 4.94. The van der Waals surface area contributed by atoms with Gasteiger partial charge in [-0.3, -0.25) is 4.98 Å². The topological polar surface area (TPSA) is 86.8 Å². The first kappa shape index (κ1) is 14.9. The molecule has 4 aromatic rings. The fourth-order valence-electron chi connectivity index (χ4n) is 2.11. The zero-order valence-electron chi connectivity index (χ0n) is 12.7. The van der Waals surface area contributed by atoms with E-state index in [1.807, 2.05) is 0 Å². The maximum atomic E-state index is 13.7. The smallest absolute Gasteiger partial charge is 0.321 e. The molecule has 0 aliphatic heterocycles. The van der Waals surface area contributed by atoms with E-state index in [0.29, 0.717) is 17.1 Å². The van der Waals surface area contributed by atoms with Crippen molar-refractivity contribution in [3.63, 3.8) is 0 Å². The van der Waals surface area contributed by atoms with Crippen molar-refractivity contribution in [3.8, 4) is 34.6 Å². The molecule has 8 heteroatoms. The zero-order chi connectivity index (χ0) is 17.1. The molecule has 3 heterocycles. The SMILES string of the molecule is Fc1cnccc1-c1nc(-c2ccc(Oc3ncccn3)cc2)no1. The van der Waals surface area contributed by atoms with Crippen molar-refractivity contribution in [2.45, 2.75) is 0 Å². The largest absolute Gasteiger partial charge is 0.424 e. The van der Waals surface area contributed by atoms with Crippen LogP contribution in [0.4, 0.5) is 4.39 Å². The van der Waals surface area contributed by atoms with Crippen LogP contribution >= 0.6 is 0 Å². The lowest BCUT2D eigenvalue weighted by atomic mass is 10.2. The van der Waals surface area contributed by atoms with Crippen LogP contribution in [0, 0.1) is 5.82 Å². The van der Waals surface area contributed by atoms with E-state index < -0.39 is 5.82 Å². The summed E-state index contributed by atoms with van der Waals surface area (Å²) in [6.07, 6.45) is 5.74. The lowest BCUT2D eigenvalue weighted by Gasteiger charge is -2.03. The number of benzene rings is 1. The second kappa shape index (κ2) is 6.44. The minimum atomic E-state index is -0.524. The second-order valence-corrected chi connectivity index (χ2v) is 4.94. The average Bonchev–Trinajstić information content (AvgIpc) is 3.13. The monoisotopic (exact) mass is 335 g/mol. The van der Waals surface area contributed by atoms with Crippen molar-refractivity contribution < 1.29 is 13.7 Å². The standard InChI is InChI=1S/C17H10FN5O2/c18-14-10-19-9-6-13(14)16-22-15(23-25-16)11-2-4-12(5-3-11)24-17-20-7-1-8-21-17/h1-10H. The van der Waals surface area contributed by atoms with Crippen LogP contribution in [0.5, 0.6) is 11.8 Å². The molecule has 0 saturated carbocycles. The van der Waals surface area contributed by atoms with E-state index in [1.165, 1.54) is 12.3 Å². The van der Waals surface area contributed by atoms with Crippen molar-refractivity contribution in [2.24, 2.45) is 0 Å². The van der Waals surface area contributed by atoms with Crippen LogP contribution in [0.15, 0.2) is 65.7 Å². The van der Waals surface area contributed by atoms with Crippen LogP contribution in [0.25, 0.3) is 22.8 Å². The quantitative estimate of drug-likeness (QED) is 0.564. The Morgan fingerprint density at radius 1 is 0.960 bits per heavy atom. The number of rotatable bonds is 4. The Morgan fingerprint density at radius 3 is 2.52 bits per heavy atom. The number of hydrogen-bond donors (Lipinski definition) is 0. The van der Waals surface area contributed by atoms with E-state index in [0.717, 1.165) is 6.20 Å². The Balaban J connectivity index is 1.56. The summed E-state index contributed by atoms with van der Waals surface area (Å²) >= 11 is 0. The van der Waals surface area contributed by atoms with Crippen LogP contribution in [-0.2, 0) is 0 Å².